The lowest BCUT2D eigenvalue weighted by molar-refractivity contribution is -0.121. The van der Waals surface area contributed by atoms with Crippen LogP contribution in [0.3, 0.4) is 0 Å². The van der Waals surface area contributed by atoms with Crippen molar-refractivity contribution in [3.8, 4) is 0 Å². The quantitative estimate of drug-likeness (QED) is 0.771. The predicted octanol–water partition coefficient (Wildman–Crippen LogP) is 2.52. The zero-order valence-corrected chi connectivity index (χ0v) is 10.2. The number of piperidine rings is 1. The monoisotopic (exact) mass is 209 g/mol. The van der Waals surface area contributed by atoms with Crippen LogP contribution < -0.4 is 5.32 Å². The zero-order valence-electron chi connectivity index (χ0n) is 10.2. The van der Waals surface area contributed by atoms with Crippen molar-refractivity contribution < 1.29 is 4.79 Å². The molecule has 1 saturated heterocycles. The summed E-state index contributed by atoms with van der Waals surface area (Å²) >= 11 is 0. The highest BCUT2D eigenvalue weighted by Gasteiger charge is 2.47. The summed E-state index contributed by atoms with van der Waals surface area (Å²) in [6.45, 7) is 6.71. The minimum absolute atomic E-state index is 0.203. The average Bonchev–Trinajstić information content (AvgIpc) is 2.71. The largest absolute Gasteiger partial charge is 0.304 e. The van der Waals surface area contributed by atoms with E-state index >= 15 is 0 Å². The topological polar surface area (TPSA) is 29.1 Å². The maximum atomic E-state index is 11.8. The lowest BCUT2D eigenvalue weighted by atomic mass is 9.89. The summed E-state index contributed by atoms with van der Waals surface area (Å²) in [6, 6.07) is 0.898. The first-order chi connectivity index (χ1) is 6.96. The molecule has 2 nitrogen and oxygen atoms in total. The number of Topliss-reactive ketones (excluding diaryl/α,β-unsaturated/α-hetero) is 1. The van der Waals surface area contributed by atoms with E-state index in [0.717, 1.165) is 31.6 Å². The molecular weight excluding hydrogens is 186 g/mol. The summed E-state index contributed by atoms with van der Waals surface area (Å²) in [6.07, 6.45) is 5.40. The normalized spacial score (nSPS) is 33.9. The summed E-state index contributed by atoms with van der Waals surface area (Å²) in [5.41, 5.74) is 0.367. The lowest BCUT2D eigenvalue weighted by Crippen LogP contribution is -2.33. The van der Waals surface area contributed by atoms with Crippen molar-refractivity contribution in [2.24, 2.45) is 11.3 Å². The number of carbonyl (C=O) groups excluding carboxylic acids is 1. The molecule has 1 aliphatic carbocycles. The van der Waals surface area contributed by atoms with Gasteiger partial charge in [0.15, 0.2) is 0 Å². The Labute approximate surface area is 92.8 Å². The average molecular weight is 209 g/mol. The standard InChI is InChI=1S/C13H23NO/c1-13(2,3)6-4-5-12(15)11-8-9-7-10(9)14-11/h9-11,14H,4-8H2,1-3H3/t9-,10-,11+/m1/s1. The van der Waals surface area contributed by atoms with E-state index in [0.29, 0.717) is 17.2 Å². The van der Waals surface area contributed by atoms with E-state index in [2.05, 4.69) is 26.1 Å². The molecule has 0 aromatic rings. The molecule has 2 aliphatic rings. The Hall–Kier alpha value is -0.370. The molecule has 3 atom stereocenters. The molecule has 0 spiro atoms. The van der Waals surface area contributed by atoms with Crippen LogP contribution in [0.2, 0.25) is 0 Å². The van der Waals surface area contributed by atoms with Crippen LogP contribution in [0.1, 0.15) is 52.9 Å². The molecule has 2 heteroatoms. The summed E-state index contributed by atoms with van der Waals surface area (Å²) in [4.78, 5) is 11.8. The Morgan fingerprint density at radius 2 is 2.07 bits per heavy atom. The van der Waals surface area contributed by atoms with E-state index in [-0.39, 0.29) is 6.04 Å². The van der Waals surface area contributed by atoms with Gasteiger partial charge in [0, 0.05) is 12.5 Å². The van der Waals surface area contributed by atoms with Crippen molar-refractivity contribution in [2.45, 2.75) is 65.0 Å². The third-order valence-corrected chi connectivity index (χ3v) is 3.61. The molecule has 86 valence electrons. The smallest absolute Gasteiger partial charge is 0.149 e. The number of nitrogens with one attached hydrogen (secondary N) is 1. The van der Waals surface area contributed by atoms with Crippen LogP contribution in [-0.2, 0) is 4.79 Å². The molecule has 2 rings (SSSR count). The van der Waals surface area contributed by atoms with Crippen molar-refractivity contribution in [1.29, 1.82) is 0 Å². The van der Waals surface area contributed by atoms with Gasteiger partial charge in [0.25, 0.3) is 0 Å². The first-order valence-corrected chi connectivity index (χ1v) is 6.24. The highest BCUT2D eigenvalue weighted by atomic mass is 16.1. The van der Waals surface area contributed by atoms with Gasteiger partial charge < -0.3 is 5.32 Å². The molecule has 1 aliphatic heterocycles. The van der Waals surface area contributed by atoms with E-state index in [1.54, 1.807) is 0 Å². The third-order valence-electron chi connectivity index (χ3n) is 3.61. The summed E-state index contributed by atoms with van der Waals surface area (Å²) < 4.78 is 0. The van der Waals surface area contributed by atoms with Gasteiger partial charge in [-0.3, -0.25) is 4.79 Å². The first kappa shape index (κ1) is 11.1. The molecule has 0 amide bonds. The summed E-state index contributed by atoms with van der Waals surface area (Å²) in [5, 5.41) is 3.43. The Morgan fingerprint density at radius 1 is 1.33 bits per heavy atom. The molecule has 1 heterocycles. The molecule has 2 fully saturated rings. The molecule has 1 saturated carbocycles. The van der Waals surface area contributed by atoms with Gasteiger partial charge >= 0.3 is 0 Å². The fraction of sp³-hybridized carbons (Fsp3) is 0.923. The Morgan fingerprint density at radius 3 is 2.60 bits per heavy atom. The van der Waals surface area contributed by atoms with Crippen LogP contribution in [0.25, 0.3) is 0 Å². The molecule has 0 aromatic heterocycles. The van der Waals surface area contributed by atoms with Gasteiger partial charge in [0.05, 0.1) is 6.04 Å². The van der Waals surface area contributed by atoms with Crippen molar-refractivity contribution in [3.05, 3.63) is 0 Å². The van der Waals surface area contributed by atoms with Gasteiger partial charge in [-0.25, -0.2) is 0 Å². The second kappa shape index (κ2) is 3.89. The highest BCUT2D eigenvalue weighted by Crippen LogP contribution is 2.41. The van der Waals surface area contributed by atoms with Gasteiger partial charge in [-0.2, -0.15) is 0 Å². The fourth-order valence-corrected chi connectivity index (χ4v) is 2.53. The van der Waals surface area contributed by atoms with Crippen molar-refractivity contribution >= 4 is 5.78 Å². The van der Waals surface area contributed by atoms with Crippen molar-refractivity contribution in [3.63, 3.8) is 0 Å². The van der Waals surface area contributed by atoms with Crippen molar-refractivity contribution in [1.82, 2.24) is 5.32 Å². The van der Waals surface area contributed by atoms with E-state index in [1.165, 1.54) is 6.42 Å². The van der Waals surface area contributed by atoms with Crippen LogP contribution in [0.5, 0.6) is 0 Å². The second-order valence-corrected chi connectivity index (χ2v) is 6.44. The molecule has 0 bridgehead atoms. The van der Waals surface area contributed by atoms with Crippen LogP contribution >= 0.6 is 0 Å². The van der Waals surface area contributed by atoms with Crippen LogP contribution in [0.4, 0.5) is 0 Å². The SMILES string of the molecule is CC(C)(C)CCCC(=O)[C@@H]1C[C@H]2C[C@H]2N1. The maximum absolute atomic E-state index is 11.8. The molecular formula is C13H23NO. The minimum Gasteiger partial charge on any atom is -0.304 e. The van der Waals surface area contributed by atoms with E-state index in [4.69, 9.17) is 0 Å². The van der Waals surface area contributed by atoms with Crippen molar-refractivity contribution in [2.75, 3.05) is 0 Å². The van der Waals surface area contributed by atoms with Gasteiger partial charge in [-0.05, 0) is 37.0 Å². The number of fused-ring (bicyclic) bond motifs is 1. The van der Waals surface area contributed by atoms with Gasteiger partial charge in [-0.15, -0.1) is 0 Å². The first-order valence-electron chi connectivity index (χ1n) is 6.24. The Kier molecular flexibility index (Phi) is 2.89. The highest BCUT2D eigenvalue weighted by molar-refractivity contribution is 5.84. The molecule has 0 unspecified atom stereocenters. The molecule has 0 aromatic carbocycles. The molecule has 0 radical (unpaired) electrons. The number of ketones is 1. The van der Waals surface area contributed by atoms with E-state index in [1.807, 2.05) is 0 Å². The minimum atomic E-state index is 0.203. The number of hydrogen-bond donors (Lipinski definition) is 1. The van der Waals surface area contributed by atoms with Crippen LogP contribution in [0.15, 0.2) is 0 Å². The molecule has 15 heavy (non-hydrogen) atoms. The Bertz CT molecular complexity index is 244. The third kappa shape index (κ3) is 3.04. The lowest BCUT2D eigenvalue weighted by Gasteiger charge is -2.18. The molecule has 1 N–H and O–H groups in total. The number of rotatable bonds is 4. The van der Waals surface area contributed by atoms with Crippen LogP contribution in [0, 0.1) is 11.3 Å². The fourth-order valence-electron chi connectivity index (χ4n) is 2.53. The number of carbonyl (C=O) groups is 1. The summed E-state index contributed by atoms with van der Waals surface area (Å²) in [7, 11) is 0. The Balaban J connectivity index is 1.65. The maximum Gasteiger partial charge on any atom is 0.149 e. The predicted molar refractivity (Wildman–Crippen MR) is 61.7 cm³/mol. The summed E-state index contributed by atoms with van der Waals surface area (Å²) in [5.74, 6) is 1.29. The van der Waals surface area contributed by atoms with Gasteiger partial charge in [0.1, 0.15) is 5.78 Å². The van der Waals surface area contributed by atoms with E-state index < -0.39 is 0 Å². The van der Waals surface area contributed by atoms with Gasteiger partial charge in [-0.1, -0.05) is 20.8 Å². The zero-order chi connectivity index (χ0) is 11.1. The number of hydrogen-bond acceptors (Lipinski definition) is 2. The van der Waals surface area contributed by atoms with Gasteiger partial charge in [0.2, 0.25) is 0 Å². The second-order valence-electron chi connectivity index (χ2n) is 6.44. The van der Waals surface area contributed by atoms with E-state index in [9.17, 15) is 4.79 Å². The van der Waals surface area contributed by atoms with Crippen LogP contribution in [-0.4, -0.2) is 17.9 Å².